The predicted octanol–water partition coefficient (Wildman–Crippen LogP) is 3.82. The van der Waals surface area contributed by atoms with Gasteiger partial charge in [0, 0.05) is 41.9 Å². The highest BCUT2D eigenvalue weighted by Crippen LogP contribution is 2.43. The molecule has 152 valence electrons. The van der Waals surface area contributed by atoms with Crippen molar-refractivity contribution in [1.29, 1.82) is 0 Å². The van der Waals surface area contributed by atoms with Crippen molar-refractivity contribution in [2.75, 3.05) is 28.6 Å². The van der Waals surface area contributed by atoms with Gasteiger partial charge in [-0.25, -0.2) is 4.39 Å². The van der Waals surface area contributed by atoms with Gasteiger partial charge in [-0.3, -0.25) is 9.59 Å². The maximum Gasteiger partial charge on any atom is 0.232 e. The van der Waals surface area contributed by atoms with Crippen LogP contribution in [-0.4, -0.2) is 24.9 Å². The average Bonchev–Trinajstić information content (AvgIpc) is 3.18. The average molecular weight is 416 g/mol. The number of hydrogen-bond acceptors (Lipinski definition) is 3. The van der Waals surface area contributed by atoms with E-state index in [0.717, 1.165) is 5.56 Å². The van der Waals surface area contributed by atoms with E-state index in [1.807, 2.05) is 13.8 Å². The molecule has 0 aromatic heterocycles. The number of alkyl halides is 1. The molecule has 29 heavy (non-hydrogen) atoms. The Labute approximate surface area is 174 Å². The van der Waals surface area contributed by atoms with Crippen molar-refractivity contribution in [2.45, 2.75) is 31.6 Å². The molecule has 1 fully saturated rings. The van der Waals surface area contributed by atoms with E-state index in [4.69, 9.17) is 17.3 Å². The molecule has 0 radical (unpaired) electrons. The summed E-state index contributed by atoms with van der Waals surface area (Å²) >= 11 is 5.86. The van der Waals surface area contributed by atoms with Gasteiger partial charge in [0.25, 0.3) is 0 Å². The zero-order chi connectivity index (χ0) is 20.9. The van der Waals surface area contributed by atoms with Gasteiger partial charge in [-0.15, -0.1) is 11.6 Å². The molecule has 0 spiro atoms. The highest BCUT2D eigenvalue weighted by Gasteiger charge is 2.44. The monoisotopic (exact) mass is 415 g/mol. The van der Waals surface area contributed by atoms with Crippen molar-refractivity contribution < 1.29 is 14.0 Å². The number of anilines is 3. The Morgan fingerprint density at radius 2 is 2.07 bits per heavy atom. The zero-order valence-electron chi connectivity index (χ0n) is 16.4. The van der Waals surface area contributed by atoms with Crippen molar-refractivity contribution in [3.63, 3.8) is 0 Å². The number of carbonyl (C=O) groups excluding carboxylic acids is 2. The fourth-order valence-electron chi connectivity index (χ4n) is 4.27. The van der Waals surface area contributed by atoms with E-state index in [9.17, 15) is 14.0 Å². The summed E-state index contributed by atoms with van der Waals surface area (Å²) in [5.74, 6) is -1.10. The topological polar surface area (TPSA) is 66.6 Å². The minimum Gasteiger partial charge on any atom is -0.399 e. The Hall–Kier alpha value is -2.60. The van der Waals surface area contributed by atoms with Crippen LogP contribution in [0.1, 0.15) is 31.4 Å². The van der Waals surface area contributed by atoms with Gasteiger partial charge < -0.3 is 15.5 Å². The third kappa shape index (κ3) is 3.35. The number of hydrogen-bond donors (Lipinski definition) is 1. The van der Waals surface area contributed by atoms with Crippen LogP contribution in [0.5, 0.6) is 0 Å². The van der Waals surface area contributed by atoms with Crippen molar-refractivity contribution in [3.05, 3.63) is 53.3 Å². The Bertz CT molecular complexity index is 1010. The highest BCUT2D eigenvalue weighted by atomic mass is 35.5. The van der Waals surface area contributed by atoms with Crippen LogP contribution in [0.25, 0.3) is 0 Å². The number of nitrogens with zero attached hydrogens (tertiary/aromatic N) is 2. The maximum absolute atomic E-state index is 14.4. The van der Waals surface area contributed by atoms with Crippen LogP contribution in [0.15, 0.2) is 36.4 Å². The number of fused-ring (bicyclic) bond motifs is 1. The predicted molar refractivity (Wildman–Crippen MR) is 113 cm³/mol. The number of nitrogen functional groups attached to an aromatic ring is 1. The Kier molecular flexibility index (Phi) is 4.77. The summed E-state index contributed by atoms with van der Waals surface area (Å²) in [6, 6.07) is 10.2. The van der Waals surface area contributed by atoms with Gasteiger partial charge in [-0.2, -0.15) is 0 Å². The number of amides is 2. The van der Waals surface area contributed by atoms with Crippen LogP contribution in [-0.2, 0) is 20.9 Å². The molecule has 2 N–H and O–H groups in total. The Balaban J connectivity index is 1.62. The molecule has 2 aliphatic rings. The smallest absolute Gasteiger partial charge is 0.232 e. The van der Waals surface area contributed by atoms with Crippen molar-refractivity contribution in [2.24, 2.45) is 5.92 Å². The molecule has 5 nitrogen and oxygen atoms in total. The van der Waals surface area contributed by atoms with E-state index in [1.165, 1.54) is 6.07 Å². The molecular weight excluding hydrogens is 393 g/mol. The lowest BCUT2D eigenvalue weighted by molar-refractivity contribution is -0.124. The maximum atomic E-state index is 14.4. The SMILES string of the molecule is CC1(C)CN(C(=O)[C@H]2CC(=O)N(c3cccc(N)c3)C2)c2cc(F)c(CCl)cc21. The second-order valence-electron chi connectivity index (χ2n) is 8.40. The van der Waals surface area contributed by atoms with Gasteiger partial charge in [-0.05, 0) is 35.9 Å². The first-order chi connectivity index (χ1) is 13.7. The largest absolute Gasteiger partial charge is 0.399 e. The molecule has 4 rings (SSSR count). The molecule has 1 saturated heterocycles. The number of rotatable bonds is 3. The van der Waals surface area contributed by atoms with E-state index in [-0.39, 0.29) is 36.1 Å². The summed E-state index contributed by atoms with van der Waals surface area (Å²) in [6.45, 7) is 4.77. The van der Waals surface area contributed by atoms with Gasteiger partial charge in [0.05, 0.1) is 17.5 Å². The summed E-state index contributed by atoms with van der Waals surface area (Å²) in [6.07, 6.45) is 0.127. The summed E-state index contributed by atoms with van der Waals surface area (Å²) in [7, 11) is 0. The molecule has 0 unspecified atom stereocenters. The van der Waals surface area contributed by atoms with Gasteiger partial charge in [0.15, 0.2) is 0 Å². The first kappa shape index (κ1) is 19.7. The van der Waals surface area contributed by atoms with Crippen LogP contribution >= 0.6 is 11.6 Å². The number of halogens is 2. The van der Waals surface area contributed by atoms with Gasteiger partial charge in [0.1, 0.15) is 5.82 Å². The van der Waals surface area contributed by atoms with Gasteiger partial charge >= 0.3 is 0 Å². The van der Waals surface area contributed by atoms with Crippen molar-refractivity contribution >= 4 is 40.5 Å². The summed E-state index contributed by atoms with van der Waals surface area (Å²) < 4.78 is 14.4. The molecule has 2 amide bonds. The minimum absolute atomic E-state index is 0.0788. The molecule has 2 aromatic carbocycles. The van der Waals surface area contributed by atoms with Crippen LogP contribution in [0, 0.1) is 11.7 Å². The lowest BCUT2D eigenvalue weighted by Crippen LogP contribution is -2.39. The standard InChI is InChI=1S/C22H23ClFN3O2/c1-22(2)12-27(19-9-18(24)13(10-23)6-17(19)22)21(29)14-7-20(28)26(11-14)16-5-3-4-15(25)8-16/h3-6,8-9,14H,7,10-12,25H2,1-2H3/t14-/m0/s1. The normalized spacial score (nSPS) is 20.3. The Morgan fingerprint density at radius 1 is 1.31 bits per heavy atom. The Morgan fingerprint density at radius 3 is 2.76 bits per heavy atom. The van der Waals surface area contributed by atoms with Gasteiger partial charge in [-0.1, -0.05) is 19.9 Å². The lowest BCUT2D eigenvalue weighted by Gasteiger charge is -2.23. The third-order valence-corrected chi connectivity index (χ3v) is 6.09. The summed E-state index contributed by atoms with van der Waals surface area (Å²) in [5.41, 5.74) is 8.65. The first-order valence-corrected chi connectivity index (χ1v) is 10.1. The summed E-state index contributed by atoms with van der Waals surface area (Å²) in [5, 5.41) is 0. The van der Waals surface area contributed by atoms with E-state index < -0.39 is 11.7 Å². The zero-order valence-corrected chi connectivity index (χ0v) is 17.2. The van der Waals surface area contributed by atoms with Gasteiger partial charge in [0.2, 0.25) is 11.8 Å². The third-order valence-electron chi connectivity index (χ3n) is 5.80. The molecule has 2 aromatic rings. The fraction of sp³-hybridized carbons (Fsp3) is 0.364. The number of carbonyl (C=O) groups is 2. The first-order valence-electron chi connectivity index (χ1n) is 9.57. The van der Waals surface area contributed by atoms with E-state index >= 15 is 0 Å². The molecule has 0 saturated carbocycles. The van der Waals surface area contributed by atoms with E-state index in [0.29, 0.717) is 29.2 Å². The molecule has 2 heterocycles. The molecular formula is C22H23ClFN3O2. The van der Waals surface area contributed by atoms with Crippen LogP contribution in [0.4, 0.5) is 21.5 Å². The second kappa shape index (κ2) is 7.02. The van der Waals surface area contributed by atoms with Crippen LogP contribution in [0.3, 0.4) is 0 Å². The highest BCUT2D eigenvalue weighted by molar-refractivity contribution is 6.17. The minimum atomic E-state index is -0.485. The van der Waals surface area contributed by atoms with Crippen LogP contribution < -0.4 is 15.5 Å². The molecule has 1 atom stereocenters. The lowest BCUT2D eigenvalue weighted by atomic mass is 9.86. The molecule has 2 aliphatic heterocycles. The second-order valence-corrected chi connectivity index (χ2v) is 8.67. The number of nitrogens with two attached hydrogens (primary N) is 1. The molecule has 7 heteroatoms. The quantitative estimate of drug-likeness (QED) is 0.612. The number of benzene rings is 2. The fourth-order valence-corrected chi connectivity index (χ4v) is 4.48. The van der Waals surface area contributed by atoms with Crippen molar-refractivity contribution in [3.8, 4) is 0 Å². The van der Waals surface area contributed by atoms with Crippen molar-refractivity contribution in [1.82, 2.24) is 0 Å². The van der Waals surface area contributed by atoms with Crippen LogP contribution in [0.2, 0.25) is 0 Å². The van der Waals surface area contributed by atoms with E-state index in [2.05, 4.69) is 0 Å². The van der Waals surface area contributed by atoms with E-state index in [1.54, 1.807) is 40.1 Å². The molecule has 0 aliphatic carbocycles. The summed E-state index contributed by atoms with van der Waals surface area (Å²) in [4.78, 5) is 29.1. The molecule has 0 bridgehead atoms.